The number of nitrogens with one attached hydrogen (secondary N) is 1. The molecule has 19 heavy (non-hydrogen) atoms. The van der Waals surface area contributed by atoms with Crippen LogP contribution in [-0.2, 0) is 10.2 Å². The number of nitrogens with zero attached hydrogens (tertiary/aromatic N) is 3. The minimum atomic E-state index is -3.28. The van der Waals surface area contributed by atoms with Crippen LogP contribution in [0.25, 0.3) is 0 Å². The van der Waals surface area contributed by atoms with Crippen LogP contribution in [0.1, 0.15) is 19.3 Å². The van der Waals surface area contributed by atoms with Gasteiger partial charge in [0.15, 0.2) is 0 Å². The van der Waals surface area contributed by atoms with Crippen LogP contribution in [-0.4, -0.2) is 81.3 Å². The van der Waals surface area contributed by atoms with Gasteiger partial charge in [-0.15, -0.1) is 0 Å². The molecule has 1 atom stereocenters. The lowest BCUT2D eigenvalue weighted by Crippen LogP contribution is -2.56. The Hall–Kier alpha value is -0.210. The van der Waals surface area contributed by atoms with Crippen molar-refractivity contribution in [1.82, 2.24) is 18.8 Å². The zero-order valence-electron chi connectivity index (χ0n) is 12.0. The Balaban J connectivity index is 2.08. The fraction of sp³-hybridized carbons (Fsp3) is 1.00. The van der Waals surface area contributed by atoms with Gasteiger partial charge in [0.25, 0.3) is 10.2 Å². The molecule has 2 heterocycles. The Morgan fingerprint density at radius 1 is 1.11 bits per heavy atom. The SMILES string of the molecule is CNCC1CCCCN1S(=O)(=O)N1CCN(C)CC1. The number of piperazine rings is 1. The number of hydrogen-bond donors (Lipinski definition) is 1. The Morgan fingerprint density at radius 3 is 2.42 bits per heavy atom. The van der Waals surface area contributed by atoms with Gasteiger partial charge in [0.05, 0.1) is 0 Å². The molecule has 0 bridgehead atoms. The van der Waals surface area contributed by atoms with E-state index in [1.165, 1.54) is 0 Å². The lowest BCUT2D eigenvalue weighted by atomic mass is 10.1. The van der Waals surface area contributed by atoms with Crippen LogP contribution >= 0.6 is 0 Å². The maximum Gasteiger partial charge on any atom is 0.282 e. The Bertz CT molecular complexity index is 377. The van der Waals surface area contributed by atoms with Gasteiger partial charge in [-0.2, -0.15) is 17.0 Å². The molecular weight excluding hydrogens is 264 g/mol. The molecule has 2 fully saturated rings. The van der Waals surface area contributed by atoms with Gasteiger partial charge in [-0.05, 0) is 26.9 Å². The highest BCUT2D eigenvalue weighted by Crippen LogP contribution is 2.23. The number of piperidine rings is 1. The summed E-state index contributed by atoms with van der Waals surface area (Å²) in [5.74, 6) is 0. The highest BCUT2D eigenvalue weighted by molar-refractivity contribution is 7.86. The van der Waals surface area contributed by atoms with Gasteiger partial charge in [-0.25, -0.2) is 0 Å². The number of hydrogen-bond acceptors (Lipinski definition) is 4. The molecule has 2 aliphatic rings. The summed E-state index contributed by atoms with van der Waals surface area (Å²) < 4.78 is 28.9. The van der Waals surface area contributed by atoms with Crippen molar-refractivity contribution in [2.45, 2.75) is 25.3 Å². The molecule has 2 aliphatic heterocycles. The van der Waals surface area contributed by atoms with Crippen LogP contribution in [0.3, 0.4) is 0 Å². The first kappa shape index (κ1) is 15.2. The zero-order chi connectivity index (χ0) is 13.9. The summed E-state index contributed by atoms with van der Waals surface area (Å²) in [6.07, 6.45) is 3.07. The predicted octanol–water partition coefficient (Wildman–Crippen LogP) is -0.447. The largest absolute Gasteiger partial charge is 0.318 e. The Labute approximate surface area is 116 Å². The van der Waals surface area contributed by atoms with Crippen LogP contribution < -0.4 is 5.32 Å². The molecule has 0 spiro atoms. The van der Waals surface area contributed by atoms with Crippen LogP contribution in [0, 0.1) is 0 Å². The zero-order valence-corrected chi connectivity index (χ0v) is 12.8. The standard InChI is InChI=1S/C12H26N4O2S/c1-13-11-12-5-3-4-6-16(12)19(17,18)15-9-7-14(2)8-10-15/h12-13H,3-11H2,1-2H3. The second kappa shape index (κ2) is 6.49. The minimum Gasteiger partial charge on any atom is -0.318 e. The first-order valence-electron chi connectivity index (χ1n) is 7.16. The molecule has 6 nitrogen and oxygen atoms in total. The van der Waals surface area contributed by atoms with Crippen molar-refractivity contribution in [3.63, 3.8) is 0 Å². The summed E-state index contributed by atoms with van der Waals surface area (Å²) in [5, 5.41) is 3.12. The third kappa shape index (κ3) is 3.46. The van der Waals surface area contributed by atoms with E-state index in [9.17, 15) is 8.42 Å². The van der Waals surface area contributed by atoms with Crippen molar-refractivity contribution >= 4 is 10.2 Å². The summed E-state index contributed by atoms with van der Waals surface area (Å²) in [4.78, 5) is 2.17. The fourth-order valence-electron chi connectivity index (χ4n) is 2.88. The first-order chi connectivity index (χ1) is 9.05. The molecule has 2 rings (SSSR count). The summed E-state index contributed by atoms with van der Waals surface area (Å²) in [6.45, 7) is 4.28. The van der Waals surface area contributed by atoms with Gasteiger partial charge in [0.1, 0.15) is 0 Å². The van der Waals surface area contributed by atoms with Gasteiger partial charge in [-0.3, -0.25) is 0 Å². The second-order valence-electron chi connectivity index (χ2n) is 5.53. The van der Waals surface area contributed by atoms with Crippen LogP contribution in [0.4, 0.5) is 0 Å². The van der Waals surface area contributed by atoms with Crippen molar-refractivity contribution in [2.24, 2.45) is 0 Å². The maximum atomic E-state index is 12.7. The van der Waals surface area contributed by atoms with Gasteiger partial charge < -0.3 is 10.2 Å². The third-order valence-electron chi connectivity index (χ3n) is 4.10. The molecule has 0 aliphatic carbocycles. The van der Waals surface area contributed by atoms with E-state index in [-0.39, 0.29) is 6.04 Å². The topological polar surface area (TPSA) is 55.9 Å². The molecule has 0 aromatic heterocycles. The average Bonchev–Trinajstić information content (AvgIpc) is 2.40. The second-order valence-corrected chi connectivity index (χ2v) is 7.41. The van der Waals surface area contributed by atoms with Crippen LogP contribution in [0.15, 0.2) is 0 Å². The lowest BCUT2D eigenvalue weighted by Gasteiger charge is -2.40. The van der Waals surface area contributed by atoms with Gasteiger partial charge in [-0.1, -0.05) is 6.42 Å². The van der Waals surface area contributed by atoms with E-state index >= 15 is 0 Å². The molecule has 0 aromatic rings. The van der Waals surface area contributed by atoms with E-state index in [2.05, 4.69) is 10.2 Å². The average molecular weight is 290 g/mol. The van der Waals surface area contributed by atoms with Crippen molar-refractivity contribution < 1.29 is 8.42 Å². The normalized spacial score (nSPS) is 28.6. The van der Waals surface area contributed by atoms with E-state index in [0.717, 1.165) is 38.9 Å². The molecule has 0 aromatic carbocycles. The highest BCUT2D eigenvalue weighted by atomic mass is 32.2. The van der Waals surface area contributed by atoms with E-state index in [0.29, 0.717) is 19.6 Å². The molecule has 0 amide bonds. The number of rotatable bonds is 4. The molecule has 2 saturated heterocycles. The smallest absolute Gasteiger partial charge is 0.282 e. The van der Waals surface area contributed by atoms with E-state index < -0.39 is 10.2 Å². The van der Waals surface area contributed by atoms with Gasteiger partial charge in [0.2, 0.25) is 0 Å². The summed E-state index contributed by atoms with van der Waals surface area (Å²) in [5.41, 5.74) is 0. The van der Waals surface area contributed by atoms with Gasteiger partial charge in [0, 0.05) is 45.3 Å². The third-order valence-corrected chi connectivity index (χ3v) is 6.19. The molecule has 7 heteroatoms. The van der Waals surface area contributed by atoms with Crippen LogP contribution in [0.5, 0.6) is 0 Å². The van der Waals surface area contributed by atoms with Crippen LogP contribution in [0.2, 0.25) is 0 Å². The molecule has 0 saturated carbocycles. The molecule has 0 radical (unpaired) electrons. The summed E-state index contributed by atoms with van der Waals surface area (Å²) >= 11 is 0. The number of likely N-dealkylation sites (N-methyl/N-ethyl adjacent to an activating group) is 2. The fourth-order valence-corrected chi connectivity index (χ4v) is 4.72. The monoisotopic (exact) mass is 290 g/mol. The maximum absolute atomic E-state index is 12.7. The molecule has 1 N–H and O–H groups in total. The van der Waals surface area contributed by atoms with E-state index in [1.54, 1.807) is 8.61 Å². The molecule has 1 unspecified atom stereocenters. The van der Waals surface area contributed by atoms with Crippen molar-refractivity contribution in [1.29, 1.82) is 0 Å². The predicted molar refractivity (Wildman–Crippen MR) is 76.3 cm³/mol. The van der Waals surface area contributed by atoms with Gasteiger partial charge >= 0.3 is 0 Å². The Morgan fingerprint density at radius 2 is 1.79 bits per heavy atom. The molecule has 112 valence electrons. The quantitative estimate of drug-likeness (QED) is 0.762. The Kier molecular flexibility index (Phi) is 5.19. The first-order valence-corrected chi connectivity index (χ1v) is 8.55. The van der Waals surface area contributed by atoms with Crippen molar-refractivity contribution in [3.8, 4) is 0 Å². The summed E-state index contributed by atoms with van der Waals surface area (Å²) in [6, 6.07) is 0.114. The van der Waals surface area contributed by atoms with Crippen molar-refractivity contribution in [3.05, 3.63) is 0 Å². The van der Waals surface area contributed by atoms with E-state index in [4.69, 9.17) is 0 Å². The minimum absolute atomic E-state index is 0.114. The van der Waals surface area contributed by atoms with E-state index in [1.807, 2.05) is 14.1 Å². The summed E-state index contributed by atoms with van der Waals surface area (Å²) in [7, 11) is 0.641. The lowest BCUT2D eigenvalue weighted by molar-refractivity contribution is 0.189. The molecular formula is C12H26N4O2S. The van der Waals surface area contributed by atoms with Crippen molar-refractivity contribution in [2.75, 3.05) is 53.4 Å². The highest BCUT2D eigenvalue weighted by Gasteiger charge is 2.37.